The molecule has 1 fully saturated rings. The number of amides is 1. The molecule has 0 bridgehead atoms. The Balaban J connectivity index is 1.48. The number of nitrogens with one attached hydrogen (secondary N) is 1. The average Bonchev–Trinajstić information content (AvgIpc) is 2.76. The molecule has 0 spiro atoms. The summed E-state index contributed by atoms with van der Waals surface area (Å²) in [7, 11) is 0. The van der Waals surface area contributed by atoms with Gasteiger partial charge in [0.2, 0.25) is 5.91 Å². The van der Waals surface area contributed by atoms with Crippen LogP contribution in [-0.4, -0.2) is 30.4 Å². The van der Waals surface area contributed by atoms with E-state index in [0.717, 1.165) is 45.4 Å². The lowest BCUT2D eigenvalue weighted by Crippen LogP contribution is -2.36. The lowest BCUT2D eigenvalue weighted by Gasteiger charge is -2.20. The normalized spacial score (nSPS) is 16.0. The topological polar surface area (TPSA) is 32.3 Å². The minimum absolute atomic E-state index is 0.324. The van der Waals surface area contributed by atoms with Gasteiger partial charge in [-0.15, -0.1) is 0 Å². The van der Waals surface area contributed by atoms with Crippen molar-refractivity contribution in [1.29, 1.82) is 0 Å². The molecule has 3 nitrogen and oxygen atoms in total. The standard InChI is InChI=1S/C19H24N2O/c22-19-8-2-1-5-12-21(19)13-11-20-15-16-9-10-17-6-3-4-7-18(17)14-16/h3-4,6-7,9-10,14,20H,1-2,5,8,11-13,15H2. The number of rotatable bonds is 5. The fourth-order valence-corrected chi connectivity index (χ4v) is 3.07. The van der Waals surface area contributed by atoms with Crippen molar-refractivity contribution < 1.29 is 4.79 Å². The van der Waals surface area contributed by atoms with Gasteiger partial charge in [0.1, 0.15) is 0 Å². The first-order valence-electron chi connectivity index (χ1n) is 8.29. The van der Waals surface area contributed by atoms with E-state index in [0.29, 0.717) is 5.91 Å². The predicted octanol–water partition coefficient (Wildman–Crippen LogP) is 3.33. The summed E-state index contributed by atoms with van der Waals surface area (Å²) >= 11 is 0. The molecule has 0 aromatic heterocycles. The number of hydrogen-bond donors (Lipinski definition) is 1. The molecular weight excluding hydrogens is 272 g/mol. The summed E-state index contributed by atoms with van der Waals surface area (Å²) in [6, 6.07) is 15.0. The van der Waals surface area contributed by atoms with Crippen LogP contribution in [-0.2, 0) is 11.3 Å². The van der Waals surface area contributed by atoms with Crippen LogP contribution in [0.25, 0.3) is 10.8 Å². The van der Waals surface area contributed by atoms with Gasteiger partial charge in [0, 0.05) is 32.6 Å². The molecule has 3 rings (SSSR count). The Morgan fingerprint density at radius 1 is 1.00 bits per heavy atom. The fourth-order valence-electron chi connectivity index (χ4n) is 3.07. The van der Waals surface area contributed by atoms with Gasteiger partial charge in [-0.2, -0.15) is 0 Å². The van der Waals surface area contributed by atoms with Gasteiger partial charge in [0.05, 0.1) is 0 Å². The molecule has 1 saturated heterocycles. The van der Waals surface area contributed by atoms with Gasteiger partial charge in [-0.25, -0.2) is 0 Å². The number of nitrogens with zero attached hydrogens (tertiary/aromatic N) is 1. The number of hydrogen-bond acceptors (Lipinski definition) is 2. The number of benzene rings is 2. The fraction of sp³-hybridized carbons (Fsp3) is 0.421. The van der Waals surface area contributed by atoms with E-state index in [4.69, 9.17) is 0 Å². The second-order valence-electron chi connectivity index (χ2n) is 6.05. The summed E-state index contributed by atoms with van der Waals surface area (Å²) in [5.41, 5.74) is 1.29. The summed E-state index contributed by atoms with van der Waals surface area (Å²) in [5.74, 6) is 0.324. The third-order valence-electron chi connectivity index (χ3n) is 4.37. The Hall–Kier alpha value is -1.87. The maximum atomic E-state index is 11.9. The highest BCUT2D eigenvalue weighted by Crippen LogP contribution is 2.15. The van der Waals surface area contributed by atoms with Crippen molar-refractivity contribution in [2.75, 3.05) is 19.6 Å². The molecule has 3 heteroatoms. The Labute approximate surface area is 132 Å². The number of carbonyl (C=O) groups is 1. The predicted molar refractivity (Wildman–Crippen MR) is 90.7 cm³/mol. The SMILES string of the molecule is O=C1CCCCCN1CCNCc1ccc2ccccc2c1. The second-order valence-corrected chi connectivity index (χ2v) is 6.05. The molecule has 0 radical (unpaired) electrons. The van der Waals surface area contributed by atoms with E-state index >= 15 is 0 Å². The highest BCUT2D eigenvalue weighted by Gasteiger charge is 2.15. The maximum Gasteiger partial charge on any atom is 0.222 e. The summed E-state index contributed by atoms with van der Waals surface area (Å²) in [5, 5.41) is 6.02. The van der Waals surface area contributed by atoms with Crippen LogP contribution in [0.15, 0.2) is 42.5 Å². The number of likely N-dealkylation sites (tertiary alicyclic amines) is 1. The van der Waals surface area contributed by atoms with Gasteiger partial charge in [0.15, 0.2) is 0 Å². The van der Waals surface area contributed by atoms with E-state index < -0.39 is 0 Å². The first-order chi connectivity index (χ1) is 10.8. The first kappa shape index (κ1) is 15.0. The van der Waals surface area contributed by atoms with E-state index in [-0.39, 0.29) is 0 Å². The van der Waals surface area contributed by atoms with Crippen molar-refractivity contribution in [3.05, 3.63) is 48.0 Å². The van der Waals surface area contributed by atoms with E-state index in [9.17, 15) is 4.79 Å². The number of carbonyl (C=O) groups excluding carboxylic acids is 1. The van der Waals surface area contributed by atoms with E-state index in [2.05, 4.69) is 47.8 Å². The van der Waals surface area contributed by atoms with Crippen molar-refractivity contribution >= 4 is 16.7 Å². The molecule has 1 heterocycles. The number of fused-ring (bicyclic) bond motifs is 1. The monoisotopic (exact) mass is 296 g/mol. The summed E-state index contributed by atoms with van der Waals surface area (Å²) in [6.45, 7) is 3.47. The highest BCUT2D eigenvalue weighted by atomic mass is 16.2. The second kappa shape index (κ2) is 7.41. The van der Waals surface area contributed by atoms with Crippen LogP contribution < -0.4 is 5.32 Å². The molecule has 22 heavy (non-hydrogen) atoms. The Kier molecular flexibility index (Phi) is 5.07. The zero-order valence-electron chi connectivity index (χ0n) is 13.1. The molecular formula is C19H24N2O. The molecule has 1 aliphatic heterocycles. The third-order valence-corrected chi connectivity index (χ3v) is 4.37. The Morgan fingerprint density at radius 3 is 2.77 bits per heavy atom. The molecule has 0 unspecified atom stereocenters. The summed E-state index contributed by atoms with van der Waals surface area (Å²) in [6.07, 6.45) is 4.12. The van der Waals surface area contributed by atoms with Crippen LogP contribution in [0.3, 0.4) is 0 Å². The van der Waals surface area contributed by atoms with Gasteiger partial charge in [-0.3, -0.25) is 4.79 Å². The smallest absolute Gasteiger partial charge is 0.222 e. The molecule has 1 aliphatic rings. The van der Waals surface area contributed by atoms with Crippen LogP contribution >= 0.6 is 0 Å². The summed E-state index contributed by atoms with van der Waals surface area (Å²) in [4.78, 5) is 13.9. The van der Waals surface area contributed by atoms with Gasteiger partial charge in [-0.1, -0.05) is 42.8 Å². The van der Waals surface area contributed by atoms with Crippen LogP contribution in [0.2, 0.25) is 0 Å². The van der Waals surface area contributed by atoms with Crippen molar-refractivity contribution in [3.63, 3.8) is 0 Å². The zero-order chi connectivity index (χ0) is 15.2. The minimum Gasteiger partial charge on any atom is -0.341 e. The van der Waals surface area contributed by atoms with Gasteiger partial charge in [0.25, 0.3) is 0 Å². The van der Waals surface area contributed by atoms with Crippen LogP contribution in [0.1, 0.15) is 31.2 Å². The van der Waals surface area contributed by atoms with Crippen LogP contribution in [0.4, 0.5) is 0 Å². The van der Waals surface area contributed by atoms with E-state index in [1.54, 1.807) is 0 Å². The molecule has 2 aromatic carbocycles. The lowest BCUT2D eigenvalue weighted by molar-refractivity contribution is -0.130. The van der Waals surface area contributed by atoms with E-state index in [1.165, 1.54) is 22.8 Å². The van der Waals surface area contributed by atoms with E-state index in [1.807, 2.05) is 4.90 Å². The molecule has 0 saturated carbocycles. The summed E-state index contributed by atoms with van der Waals surface area (Å²) < 4.78 is 0. The quantitative estimate of drug-likeness (QED) is 0.858. The molecule has 0 atom stereocenters. The Morgan fingerprint density at radius 2 is 1.86 bits per heavy atom. The molecule has 1 amide bonds. The lowest BCUT2D eigenvalue weighted by atomic mass is 10.1. The van der Waals surface area contributed by atoms with Crippen LogP contribution in [0, 0.1) is 0 Å². The third kappa shape index (κ3) is 3.86. The van der Waals surface area contributed by atoms with Gasteiger partial charge < -0.3 is 10.2 Å². The average molecular weight is 296 g/mol. The highest BCUT2D eigenvalue weighted by molar-refractivity contribution is 5.83. The molecule has 2 aromatic rings. The maximum absolute atomic E-state index is 11.9. The van der Waals surface area contributed by atoms with Crippen LogP contribution in [0.5, 0.6) is 0 Å². The largest absolute Gasteiger partial charge is 0.341 e. The molecule has 116 valence electrons. The van der Waals surface area contributed by atoms with Gasteiger partial charge in [-0.05, 0) is 35.2 Å². The Bertz CT molecular complexity index is 638. The molecule has 1 N–H and O–H groups in total. The van der Waals surface area contributed by atoms with Gasteiger partial charge >= 0.3 is 0 Å². The van der Waals surface area contributed by atoms with Crippen molar-refractivity contribution in [2.24, 2.45) is 0 Å². The molecule has 0 aliphatic carbocycles. The minimum atomic E-state index is 0.324. The van der Waals surface area contributed by atoms with Crippen molar-refractivity contribution in [3.8, 4) is 0 Å². The first-order valence-corrected chi connectivity index (χ1v) is 8.29. The zero-order valence-corrected chi connectivity index (χ0v) is 13.1. The van der Waals surface area contributed by atoms with Crippen molar-refractivity contribution in [2.45, 2.75) is 32.2 Å². The van der Waals surface area contributed by atoms with Crippen molar-refractivity contribution in [1.82, 2.24) is 10.2 Å².